The molecule has 1 aromatic carbocycles. The van der Waals surface area contributed by atoms with Crippen molar-refractivity contribution in [2.75, 3.05) is 26.4 Å². The van der Waals surface area contributed by atoms with Gasteiger partial charge in [-0.15, -0.1) is 0 Å². The highest BCUT2D eigenvalue weighted by Gasteiger charge is 2.33. The zero-order valence-electron chi connectivity index (χ0n) is 10.7. The third-order valence-electron chi connectivity index (χ3n) is 3.38. The van der Waals surface area contributed by atoms with Crippen molar-refractivity contribution in [3.05, 3.63) is 23.8 Å². The van der Waals surface area contributed by atoms with Gasteiger partial charge in [-0.25, -0.2) is 0 Å². The fourth-order valence-electron chi connectivity index (χ4n) is 2.29. The summed E-state index contributed by atoms with van der Waals surface area (Å²) in [6.45, 7) is 1.43. The van der Waals surface area contributed by atoms with Crippen LogP contribution in [0.1, 0.15) is 23.2 Å². The zero-order valence-corrected chi connectivity index (χ0v) is 10.7. The minimum absolute atomic E-state index is 0.00715. The monoisotopic (exact) mass is 263 g/mol. The molecular formula is C14H17NO4. The average molecular weight is 263 g/mol. The number of aliphatic hydroxyl groups is 1. The van der Waals surface area contributed by atoms with Gasteiger partial charge in [0.15, 0.2) is 11.5 Å². The predicted molar refractivity (Wildman–Crippen MR) is 68.6 cm³/mol. The first-order valence-electron chi connectivity index (χ1n) is 6.61. The summed E-state index contributed by atoms with van der Waals surface area (Å²) in [6.07, 6.45) is 2.05. The van der Waals surface area contributed by atoms with Gasteiger partial charge in [0, 0.05) is 18.2 Å². The number of ether oxygens (including phenoxy) is 2. The molecule has 0 bridgehead atoms. The van der Waals surface area contributed by atoms with Crippen molar-refractivity contribution in [1.82, 2.24) is 4.90 Å². The van der Waals surface area contributed by atoms with Crippen molar-refractivity contribution in [2.45, 2.75) is 18.9 Å². The van der Waals surface area contributed by atoms with E-state index in [2.05, 4.69) is 0 Å². The number of hydrogen-bond donors (Lipinski definition) is 1. The molecule has 1 aliphatic carbocycles. The van der Waals surface area contributed by atoms with E-state index in [4.69, 9.17) is 14.6 Å². The Kier molecular flexibility index (Phi) is 3.29. The number of carbonyl (C=O) groups is 1. The minimum atomic E-state index is -0.0477. The number of nitrogens with zero attached hydrogens (tertiary/aromatic N) is 1. The van der Waals surface area contributed by atoms with Crippen LogP contribution >= 0.6 is 0 Å². The standard InChI is InChI=1S/C14H17NO4/c16-6-5-15(11-2-3-11)14(17)10-1-4-12-13(9-10)19-8-7-18-12/h1,4,9,11,16H,2-3,5-8H2. The van der Waals surface area contributed by atoms with Crippen LogP contribution in [0.2, 0.25) is 0 Å². The van der Waals surface area contributed by atoms with Crippen LogP contribution in [0.25, 0.3) is 0 Å². The number of hydrogen-bond acceptors (Lipinski definition) is 4. The summed E-state index contributed by atoms with van der Waals surface area (Å²) in [5.41, 5.74) is 0.588. The van der Waals surface area contributed by atoms with Gasteiger partial charge in [0.2, 0.25) is 0 Å². The largest absolute Gasteiger partial charge is 0.486 e. The van der Waals surface area contributed by atoms with E-state index in [9.17, 15) is 4.79 Å². The summed E-state index contributed by atoms with van der Waals surface area (Å²) in [4.78, 5) is 14.2. The molecule has 0 unspecified atom stereocenters. The van der Waals surface area contributed by atoms with E-state index in [0.717, 1.165) is 12.8 Å². The highest BCUT2D eigenvalue weighted by molar-refractivity contribution is 5.95. The number of carbonyl (C=O) groups excluding carboxylic acids is 1. The third-order valence-corrected chi connectivity index (χ3v) is 3.38. The Balaban J connectivity index is 1.82. The Morgan fingerprint density at radius 3 is 2.68 bits per heavy atom. The summed E-state index contributed by atoms with van der Waals surface area (Å²) >= 11 is 0. The highest BCUT2D eigenvalue weighted by atomic mass is 16.6. The lowest BCUT2D eigenvalue weighted by Gasteiger charge is -2.23. The lowest BCUT2D eigenvalue weighted by atomic mass is 10.1. The molecule has 1 N–H and O–H groups in total. The summed E-state index contributed by atoms with van der Waals surface area (Å²) in [5, 5.41) is 9.06. The maximum absolute atomic E-state index is 12.4. The Morgan fingerprint density at radius 2 is 2.00 bits per heavy atom. The van der Waals surface area contributed by atoms with Gasteiger partial charge in [-0.3, -0.25) is 4.79 Å². The lowest BCUT2D eigenvalue weighted by Crippen LogP contribution is -2.35. The Labute approximate surface area is 111 Å². The summed E-state index contributed by atoms with van der Waals surface area (Å²) in [6, 6.07) is 5.53. The van der Waals surface area contributed by atoms with Crippen LogP contribution in [0.3, 0.4) is 0 Å². The van der Waals surface area contributed by atoms with Gasteiger partial charge in [-0.1, -0.05) is 0 Å². The third kappa shape index (κ3) is 2.51. The van der Waals surface area contributed by atoms with E-state index in [1.165, 1.54) is 0 Å². The van der Waals surface area contributed by atoms with Crippen molar-refractivity contribution in [3.8, 4) is 11.5 Å². The lowest BCUT2D eigenvalue weighted by molar-refractivity contribution is 0.0706. The van der Waals surface area contributed by atoms with Gasteiger partial charge in [-0.2, -0.15) is 0 Å². The molecule has 1 saturated carbocycles. The van der Waals surface area contributed by atoms with Crippen molar-refractivity contribution < 1.29 is 19.4 Å². The van der Waals surface area contributed by atoms with Crippen LogP contribution < -0.4 is 9.47 Å². The first-order chi connectivity index (χ1) is 9.29. The Hall–Kier alpha value is -1.75. The van der Waals surface area contributed by atoms with Crippen molar-refractivity contribution in [2.24, 2.45) is 0 Å². The Bertz CT molecular complexity index is 484. The molecule has 1 amide bonds. The predicted octanol–water partition coefficient (Wildman–Crippen LogP) is 1.05. The van der Waals surface area contributed by atoms with Crippen molar-refractivity contribution in [1.29, 1.82) is 0 Å². The topological polar surface area (TPSA) is 59.0 Å². The highest BCUT2D eigenvalue weighted by Crippen LogP contribution is 2.33. The number of fused-ring (bicyclic) bond motifs is 1. The fraction of sp³-hybridized carbons (Fsp3) is 0.500. The maximum atomic E-state index is 12.4. The molecule has 19 heavy (non-hydrogen) atoms. The number of benzene rings is 1. The van der Waals surface area contributed by atoms with E-state index >= 15 is 0 Å². The first kappa shape index (κ1) is 12.3. The summed E-state index contributed by atoms with van der Waals surface area (Å²) < 4.78 is 10.9. The smallest absolute Gasteiger partial charge is 0.254 e. The van der Waals surface area contributed by atoms with Gasteiger partial charge in [0.25, 0.3) is 5.91 Å². The van der Waals surface area contributed by atoms with E-state index in [1.807, 2.05) is 0 Å². The molecular weight excluding hydrogens is 246 g/mol. The van der Waals surface area contributed by atoms with Gasteiger partial charge < -0.3 is 19.5 Å². The zero-order chi connectivity index (χ0) is 13.2. The quantitative estimate of drug-likeness (QED) is 0.882. The molecule has 0 saturated heterocycles. The molecule has 2 aliphatic rings. The molecule has 3 rings (SSSR count). The first-order valence-corrected chi connectivity index (χ1v) is 6.61. The number of aliphatic hydroxyl groups excluding tert-OH is 1. The van der Waals surface area contributed by atoms with Crippen LogP contribution in [-0.2, 0) is 0 Å². The van der Waals surface area contributed by atoms with Crippen LogP contribution in [0.5, 0.6) is 11.5 Å². The Morgan fingerprint density at radius 1 is 1.26 bits per heavy atom. The SMILES string of the molecule is O=C(c1ccc2c(c1)OCCO2)N(CCO)C1CC1. The average Bonchev–Trinajstić information content (AvgIpc) is 3.28. The minimum Gasteiger partial charge on any atom is -0.486 e. The van der Waals surface area contributed by atoms with Crippen LogP contribution in [0.15, 0.2) is 18.2 Å². The molecule has 102 valence electrons. The molecule has 1 aliphatic heterocycles. The normalized spacial score (nSPS) is 17.1. The van der Waals surface area contributed by atoms with Crippen LogP contribution in [0.4, 0.5) is 0 Å². The second-order valence-corrected chi connectivity index (χ2v) is 4.81. The molecule has 0 atom stereocenters. The maximum Gasteiger partial charge on any atom is 0.254 e. The summed E-state index contributed by atoms with van der Waals surface area (Å²) in [7, 11) is 0. The molecule has 0 spiro atoms. The molecule has 0 aromatic heterocycles. The van der Waals surface area contributed by atoms with E-state index in [-0.39, 0.29) is 18.6 Å². The van der Waals surface area contributed by atoms with E-state index < -0.39 is 0 Å². The second-order valence-electron chi connectivity index (χ2n) is 4.81. The molecule has 1 heterocycles. The van der Waals surface area contributed by atoms with E-state index in [1.54, 1.807) is 23.1 Å². The fourth-order valence-corrected chi connectivity index (χ4v) is 2.29. The van der Waals surface area contributed by atoms with Gasteiger partial charge in [-0.05, 0) is 31.0 Å². The molecule has 1 aromatic rings. The molecule has 1 fully saturated rings. The molecule has 5 heteroatoms. The van der Waals surface area contributed by atoms with E-state index in [0.29, 0.717) is 36.8 Å². The van der Waals surface area contributed by atoms with Crippen LogP contribution in [-0.4, -0.2) is 48.3 Å². The summed E-state index contributed by atoms with van der Waals surface area (Å²) in [5.74, 6) is 1.26. The van der Waals surface area contributed by atoms with Gasteiger partial charge >= 0.3 is 0 Å². The molecule has 0 radical (unpaired) electrons. The van der Waals surface area contributed by atoms with Crippen molar-refractivity contribution >= 4 is 5.91 Å². The van der Waals surface area contributed by atoms with Gasteiger partial charge in [0.05, 0.1) is 6.61 Å². The van der Waals surface area contributed by atoms with Crippen LogP contribution in [0, 0.1) is 0 Å². The number of rotatable bonds is 4. The van der Waals surface area contributed by atoms with Crippen molar-refractivity contribution in [3.63, 3.8) is 0 Å². The van der Waals surface area contributed by atoms with Gasteiger partial charge in [0.1, 0.15) is 13.2 Å². The number of amides is 1. The second kappa shape index (κ2) is 5.09. The molecule has 5 nitrogen and oxygen atoms in total.